The minimum atomic E-state index is -6.00. The first-order chi connectivity index (χ1) is 17.2. The zero-order valence-electron chi connectivity index (χ0n) is 26.2. The van der Waals surface area contributed by atoms with Gasteiger partial charge in [-0.05, 0) is 47.1 Å². The van der Waals surface area contributed by atoms with Crippen molar-refractivity contribution >= 4 is 14.5 Å². The van der Waals surface area contributed by atoms with Crippen molar-refractivity contribution in [2.45, 2.75) is 105 Å². The monoisotopic (exact) mass is 559 g/mol. The topological polar surface area (TPSA) is 25.4 Å². The van der Waals surface area contributed by atoms with Crippen LogP contribution < -0.4 is 4.98 Å². The first-order valence-corrected chi connectivity index (χ1v) is 12.1. The third kappa shape index (κ3) is 14.7. The second kappa shape index (κ2) is 11.9. The Kier molecular flexibility index (Phi) is 10.1. The highest BCUT2D eigenvalue weighted by Gasteiger charge is 2.35. The van der Waals surface area contributed by atoms with E-state index in [1.807, 2.05) is 0 Å². The van der Waals surface area contributed by atoms with Gasteiger partial charge in [-0.2, -0.15) is 0 Å². The number of halogens is 8. The van der Waals surface area contributed by atoms with Crippen LogP contribution in [0, 0.1) is 0 Å². The summed E-state index contributed by atoms with van der Waals surface area (Å²) in [6, 6.07) is 4.84. The summed E-state index contributed by atoms with van der Waals surface area (Å²) in [6.45, 7) is 25.4. The fraction of sp³-hybridized carbons (Fsp3) is 0.615. The molecule has 2 heterocycles. The molecule has 2 nitrogen and oxygen atoms in total. The molecule has 38 heavy (non-hydrogen) atoms. The van der Waals surface area contributed by atoms with Crippen LogP contribution in [0.5, 0.6) is 0 Å². The molecule has 12 heteroatoms. The lowest BCUT2D eigenvalue weighted by Crippen LogP contribution is -2.32. The van der Waals surface area contributed by atoms with Crippen LogP contribution in [-0.2, 0) is 21.7 Å². The molecular weight excluding hydrogens is 516 g/mol. The predicted molar refractivity (Wildman–Crippen MR) is 140 cm³/mol. The van der Waals surface area contributed by atoms with Gasteiger partial charge in [0.25, 0.3) is 0 Å². The molecule has 1 N–H and O–H groups in total. The van der Waals surface area contributed by atoms with Crippen LogP contribution in [0.4, 0.5) is 34.5 Å². The van der Waals surface area contributed by atoms with Gasteiger partial charge in [-0.25, -0.2) is 9.40 Å². The van der Waals surface area contributed by atoms with Gasteiger partial charge in [-0.15, -0.1) is 0 Å². The summed E-state index contributed by atoms with van der Waals surface area (Å²) >= 11 is 0. The van der Waals surface area contributed by atoms with E-state index >= 15 is 0 Å². The zero-order valence-corrected chi connectivity index (χ0v) is 24.2. The maximum absolute atomic E-state index is 9.75. The molecule has 0 saturated carbocycles. The number of rotatable bonds is 1. The van der Waals surface area contributed by atoms with E-state index < -0.39 is 14.5 Å². The van der Waals surface area contributed by atoms with Gasteiger partial charge in [0.1, 0.15) is 0 Å². The van der Waals surface area contributed by atoms with Crippen molar-refractivity contribution in [2.24, 2.45) is 0 Å². The second-order valence-corrected chi connectivity index (χ2v) is 13.1. The molecule has 0 aromatic carbocycles. The van der Waals surface area contributed by atoms with Gasteiger partial charge in [0.15, 0.2) is 11.4 Å². The molecular formula is C26H41B2F8NO. The molecule has 0 aliphatic carbocycles. The average molecular weight is 559 g/mol. The smallest absolute Gasteiger partial charge is 0.418 e. The van der Waals surface area contributed by atoms with Crippen molar-refractivity contribution in [3.8, 4) is 11.1 Å². The molecule has 0 spiro atoms. The van der Waals surface area contributed by atoms with E-state index in [1.54, 1.807) is 0 Å². The maximum atomic E-state index is 9.75. The molecule has 0 atom stereocenters. The summed E-state index contributed by atoms with van der Waals surface area (Å²) in [5, 5.41) is 0. The Balaban J connectivity index is 0.00000130. The molecule has 0 aliphatic heterocycles. The van der Waals surface area contributed by atoms with Gasteiger partial charge in [-0.3, -0.25) is 0 Å². The fourth-order valence-electron chi connectivity index (χ4n) is 2.76. The van der Waals surface area contributed by atoms with Gasteiger partial charge in [0, 0.05) is 40.6 Å². The summed E-state index contributed by atoms with van der Waals surface area (Å²) < 4.78 is 102. The Labute approximate surface area is 224 Å². The van der Waals surface area contributed by atoms with Crippen molar-refractivity contribution in [3.63, 3.8) is 0 Å². The quantitative estimate of drug-likeness (QED) is 0.194. The molecule has 0 amide bonds. The Morgan fingerprint density at radius 1 is 0.553 bits per heavy atom. The molecule has 2 aromatic heterocycles. The Hall–Kier alpha value is -2.13. The molecule has 0 fully saturated rings. The summed E-state index contributed by atoms with van der Waals surface area (Å²) in [6.07, 6.45) is 0. The lowest BCUT2D eigenvalue weighted by atomic mass is 9.84. The molecule has 2 rings (SSSR count). The van der Waals surface area contributed by atoms with Crippen molar-refractivity contribution in [1.29, 1.82) is 0 Å². The number of aromatic nitrogens is 1. The summed E-state index contributed by atoms with van der Waals surface area (Å²) in [7, 11) is -12.0. The Morgan fingerprint density at radius 3 is 1.03 bits per heavy atom. The van der Waals surface area contributed by atoms with Crippen LogP contribution in [-0.4, -0.2) is 14.5 Å². The van der Waals surface area contributed by atoms with E-state index in [9.17, 15) is 34.5 Å². The van der Waals surface area contributed by atoms with Crippen LogP contribution in [0.3, 0.4) is 0 Å². The molecule has 218 valence electrons. The highest BCUT2D eigenvalue weighted by atomic mass is 19.5. The SMILES string of the molecule is F[B-](F)(F)F.F[B-](F)(F)F.[2H]c1c(C(C)(C)C)[o+]c(C(C)(C)C)c([2H])c1-c1cc(C(C)(C)C)[nH+]c(C(C)(C)C)c1. The first-order valence-electron chi connectivity index (χ1n) is 13.1. The average Bonchev–Trinajstić information content (AvgIpc) is 2.61. The third-order valence-electron chi connectivity index (χ3n) is 4.82. The van der Waals surface area contributed by atoms with E-state index in [0.717, 1.165) is 17.0 Å². The zero-order chi connectivity index (χ0) is 32.4. The number of H-pyrrole nitrogens is 1. The third-order valence-corrected chi connectivity index (χ3v) is 4.82. The summed E-state index contributed by atoms with van der Waals surface area (Å²) in [5.74, 6) is 1.25. The van der Waals surface area contributed by atoms with E-state index in [-0.39, 0.29) is 21.7 Å². The summed E-state index contributed by atoms with van der Waals surface area (Å²) in [4.78, 5) is 3.62. The van der Waals surface area contributed by atoms with E-state index in [0.29, 0.717) is 29.2 Å². The lowest BCUT2D eigenvalue weighted by Gasteiger charge is -2.20. The standard InChI is InChI=1S/C26H40NO.2BF4/c1-23(2,3)19-13-17(14-20(27-19)24(4,5)6)18-15-21(25(7,8)9)28-22(16-18)26(10,11)12;2*2-1(3,4)5/h13-16H,1-12H3;;/q+1;2*-1/p+1/i15D,16D;;. The number of hydrogen-bond donors (Lipinski definition) is 0. The molecule has 0 aliphatic rings. The lowest BCUT2D eigenvalue weighted by molar-refractivity contribution is -0.414. The first kappa shape index (κ1) is 32.1. The number of nitrogens with one attached hydrogen (secondary N) is 1. The molecule has 0 radical (unpaired) electrons. The molecule has 0 saturated heterocycles. The minimum absolute atomic E-state index is 0.0841. The second-order valence-electron chi connectivity index (χ2n) is 13.1. The van der Waals surface area contributed by atoms with Crippen LogP contribution in [0.1, 0.15) is 109 Å². The normalized spacial score (nSPS) is 14.0. The van der Waals surface area contributed by atoms with E-state index in [1.165, 1.54) is 0 Å². The minimum Gasteiger partial charge on any atom is -0.418 e. The van der Waals surface area contributed by atoms with Crippen LogP contribution in [0.25, 0.3) is 11.1 Å². The van der Waals surface area contributed by atoms with Crippen molar-refractivity contribution in [3.05, 3.63) is 47.1 Å². The molecule has 0 bridgehead atoms. The molecule has 0 unspecified atom stereocenters. The van der Waals surface area contributed by atoms with E-state index in [4.69, 9.17) is 7.16 Å². The number of pyridine rings is 1. The van der Waals surface area contributed by atoms with Crippen LogP contribution in [0.15, 0.2) is 28.6 Å². The van der Waals surface area contributed by atoms with Gasteiger partial charge < -0.3 is 34.5 Å². The number of hydrogen-bond acceptors (Lipinski definition) is 0. The van der Waals surface area contributed by atoms with Gasteiger partial charge in [-0.1, -0.05) is 41.5 Å². The highest BCUT2D eigenvalue weighted by molar-refractivity contribution is 6.50. The largest absolute Gasteiger partial charge is 0.673 e. The van der Waals surface area contributed by atoms with Gasteiger partial charge in [0.2, 0.25) is 0 Å². The van der Waals surface area contributed by atoms with Crippen molar-refractivity contribution in [2.75, 3.05) is 0 Å². The summed E-state index contributed by atoms with van der Waals surface area (Å²) in [5.41, 5.74) is 2.92. The van der Waals surface area contributed by atoms with Crippen LogP contribution in [0.2, 0.25) is 0 Å². The Bertz CT molecular complexity index is 1060. The van der Waals surface area contributed by atoms with E-state index in [2.05, 4.69) is 100 Å². The Morgan fingerprint density at radius 2 is 0.816 bits per heavy atom. The highest BCUT2D eigenvalue weighted by Crippen LogP contribution is 2.35. The van der Waals surface area contributed by atoms with Crippen molar-refractivity contribution < 1.29 is 46.7 Å². The van der Waals surface area contributed by atoms with Crippen LogP contribution >= 0.6 is 0 Å². The van der Waals surface area contributed by atoms with Gasteiger partial charge >= 0.3 is 26.0 Å². The fourth-order valence-corrected chi connectivity index (χ4v) is 2.76. The molecule has 2 aromatic rings. The van der Waals surface area contributed by atoms with Crippen molar-refractivity contribution in [1.82, 2.24) is 0 Å². The number of aromatic amines is 1. The maximum Gasteiger partial charge on any atom is 0.673 e. The van der Waals surface area contributed by atoms with Gasteiger partial charge in [0.05, 0.1) is 13.6 Å². The predicted octanol–water partition coefficient (Wildman–Crippen LogP) is 9.83.